The molecule has 10 nitrogen and oxygen atoms in total. The lowest BCUT2D eigenvalue weighted by Crippen LogP contribution is -2.10. The molecular weight excluding hydrogens is 640 g/mol. The lowest BCUT2D eigenvalue weighted by Gasteiger charge is -2.11. The van der Waals surface area contributed by atoms with Crippen LogP contribution in [0.1, 0.15) is 84.6 Å². The van der Waals surface area contributed by atoms with Gasteiger partial charge in [0.05, 0.1) is 37.6 Å². The highest BCUT2D eigenvalue weighted by molar-refractivity contribution is 5.92. The zero-order valence-electron chi connectivity index (χ0n) is 28.9. The molecule has 0 aliphatic carbocycles. The maximum Gasteiger partial charge on any atom is 0.343 e. The molecule has 0 unspecified atom stereocenters. The van der Waals surface area contributed by atoms with Gasteiger partial charge >= 0.3 is 23.9 Å². The minimum atomic E-state index is -0.526. The lowest BCUT2D eigenvalue weighted by atomic mass is 10.2. The van der Waals surface area contributed by atoms with Crippen LogP contribution in [0.25, 0.3) is 0 Å². The second-order valence-corrected chi connectivity index (χ2v) is 11.6. The quantitative estimate of drug-likeness (QED) is 0.0443. The summed E-state index contributed by atoms with van der Waals surface area (Å²) in [7, 11) is 0. The van der Waals surface area contributed by atoms with E-state index in [0.29, 0.717) is 71.7 Å². The molecule has 0 heterocycles. The number of ether oxygens (including phenoxy) is 6. The number of hydrogen-bond donors (Lipinski definition) is 0. The highest BCUT2D eigenvalue weighted by atomic mass is 16.5. The van der Waals surface area contributed by atoms with Crippen molar-refractivity contribution in [1.82, 2.24) is 0 Å². The molecule has 0 radical (unpaired) electrons. The second-order valence-electron chi connectivity index (χ2n) is 11.6. The molecule has 0 bridgehead atoms. The minimum absolute atomic E-state index is 0.319. The normalized spacial score (nSPS) is 10.4. The fourth-order valence-electron chi connectivity index (χ4n) is 4.51. The summed E-state index contributed by atoms with van der Waals surface area (Å²) in [6.45, 7) is 12.1. The second kappa shape index (κ2) is 21.6. The van der Waals surface area contributed by atoms with Crippen molar-refractivity contribution in [3.05, 3.63) is 108 Å². The van der Waals surface area contributed by atoms with E-state index in [1.165, 1.54) is 0 Å². The predicted octanol–water partition coefficient (Wildman–Crippen LogP) is 8.16. The summed E-state index contributed by atoms with van der Waals surface area (Å²) >= 11 is 0. The average Bonchev–Trinajstić information content (AvgIpc) is 3.11. The van der Waals surface area contributed by atoms with Gasteiger partial charge in [-0.25, -0.2) is 19.2 Å². The highest BCUT2D eigenvalue weighted by Crippen LogP contribution is 2.26. The first kappa shape index (κ1) is 39.1. The van der Waals surface area contributed by atoms with Gasteiger partial charge in [-0.3, -0.25) is 0 Å². The molecule has 0 fully saturated rings. The van der Waals surface area contributed by atoms with E-state index in [2.05, 4.69) is 13.2 Å². The van der Waals surface area contributed by atoms with Crippen LogP contribution in [0, 0.1) is 6.92 Å². The molecule has 50 heavy (non-hydrogen) atoms. The van der Waals surface area contributed by atoms with Crippen molar-refractivity contribution in [3.8, 4) is 23.0 Å². The summed E-state index contributed by atoms with van der Waals surface area (Å²) < 4.78 is 32.7. The van der Waals surface area contributed by atoms with Gasteiger partial charge in [-0.1, -0.05) is 13.2 Å². The monoisotopic (exact) mass is 686 g/mol. The Labute approximate surface area is 294 Å². The van der Waals surface area contributed by atoms with Gasteiger partial charge < -0.3 is 28.4 Å². The molecule has 10 heteroatoms. The summed E-state index contributed by atoms with van der Waals surface area (Å²) in [5, 5.41) is 0. The Morgan fingerprint density at radius 2 is 1.06 bits per heavy atom. The number of aryl methyl sites for hydroxylation is 1. The highest BCUT2D eigenvalue weighted by Gasteiger charge is 2.14. The van der Waals surface area contributed by atoms with E-state index in [4.69, 9.17) is 28.4 Å². The fraction of sp³-hybridized carbons (Fsp3) is 0.350. The molecule has 0 atom stereocenters. The number of carbonyl (C=O) groups is 4. The zero-order valence-corrected chi connectivity index (χ0v) is 28.9. The molecule has 0 amide bonds. The molecule has 0 aromatic heterocycles. The van der Waals surface area contributed by atoms with Crippen molar-refractivity contribution in [2.24, 2.45) is 0 Å². The third-order valence-electron chi connectivity index (χ3n) is 7.35. The predicted molar refractivity (Wildman–Crippen MR) is 189 cm³/mol. The third-order valence-corrected chi connectivity index (χ3v) is 7.35. The molecule has 266 valence electrons. The zero-order chi connectivity index (χ0) is 36.1. The molecule has 0 aliphatic heterocycles. The van der Waals surface area contributed by atoms with Gasteiger partial charge in [0.1, 0.15) is 23.0 Å². The molecule has 0 spiro atoms. The van der Waals surface area contributed by atoms with Gasteiger partial charge in [-0.05, 0) is 138 Å². The fourth-order valence-corrected chi connectivity index (χ4v) is 4.51. The SMILES string of the molecule is C=CC(=O)OCCCCCCOc1ccc(C(=O)Oc2ccc(OC(=O)c3ccc(OCCCCCCOC(=O)C(=C)C)cc3)c(C)c2)cc1. The Balaban J connectivity index is 1.35. The Bertz CT molecular complexity index is 1570. The van der Waals surface area contributed by atoms with Gasteiger partial charge in [0.15, 0.2) is 0 Å². The number of hydrogen-bond acceptors (Lipinski definition) is 10. The van der Waals surface area contributed by atoms with Crippen molar-refractivity contribution >= 4 is 23.9 Å². The largest absolute Gasteiger partial charge is 0.494 e. The topological polar surface area (TPSA) is 124 Å². The summed E-state index contributed by atoms with van der Waals surface area (Å²) in [5.41, 5.74) is 1.76. The Kier molecular flexibility index (Phi) is 16.8. The van der Waals surface area contributed by atoms with Gasteiger partial charge in [-0.2, -0.15) is 0 Å². The van der Waals surface area contributed by atoms with E-state index in [1.54, 1.807) is 80.6 Å². The number of unbranched alkanes of at least 4 members (excludes halogenated alkanes) is 6. The standard InChI is InChI=1S/C40H46O10/c1-5-37(41)47-26-12-8-6-10-24-45-33-18-14-31(15-19-33)39(43)49-35-22-23-36(30(4)28-35)50-40(44)32-16-20-34(21-17-32)46-25-11-7-9-13-27-48-38(42)29(2)3/h5,14-23,28H,1-2,6-13,24-27H2,3-4H3. The first-order valence-corrected chi connectivity index (χ1v) is 16.8. The van der Waals surface area contributed by atoms with Crippen molar-refractivity contribution in [2.75, 3.05) is 26.4 Å². The van der Waals surface area contributed by atoms with Crippen LogP contribution in [0.4, 0.5) is 0 Å². The van der Waals surface area contributed by atoms with Crippen LogP contribution in [-0.4, -0.2) is 50.3 Å². The number of esters is 4. The maximum absolute atomic E-state index is 12.8. The minimum Gasteiger partial charge on any atom is -0.494 e. The van der Waals surface area contributed by atoms with Crippen molar-refractivity contribution in [3.63, 3.8) is 0 Å². The average molecular weight is 687 g/mol. The smallest absolute Gasteiger partial charge is 0.343 e. The van der Waals surface area contributed by atoms with E-state index >= 15 is 0 Å². The van der Waals surface area contributed by atoms with Crippen molar-refractivity contribution in [1.29, 1.82) is 0 Å². The molecular formula is C40H46O10. The van der Waals surface area contributed by atoms with Crippen LogP contribution >= 0.6 is 0 Å². The molecule has 0 saturated carbocycles. The van der Waals surface area contributed by atoms with E-state index in [0.717, 1.165) is 57.4 Å². The lowest BCUT2D eigenvalue weighted by molar-refractivity contribution is -0.139. The number of benzene rings is 3. The molecule has 3 aromatic rings. The van der Waals surface area contributed by atoms with Crippen LogP contribution in [0.2, 0.25) is 0 Å². The maximum atomic E-state index is 12.8. The third kappa shape index (κ3) is 14.4. The Morgan fingerprint density at radius 1 is 0.600 bits per heavy atom. The summed E-state index contributed by atoms with van der Waals surface area (Å²) in [5.74, 6) is 0.150. The first-order valence-electron chi connectivity index (χ1n) is 16.8. The van der Waals surface area contributed by atoms with E-state index in [9.17, 15) is 19.2 Å². The summed E-state index contributed by atoms with van der Waals surface area (Å²) in [6.07, 6.45) is 8.18. The first-order chi connectivity index (χ1) is 24.2. The summed E-state index contributed by atoms with van der Waals surface area (Å²) in [4.78, 5) is 47.9. The van der Waals surface area contributed by atoms with E-state index in [-0.39, 0.29) is 5.97 Å². The van der Waals surface area contributed by atoms with Gasteiger partial charge in [0.2, 0.25) is 0 Å². The van der Waals surface area contributed by atoms with Crippen LogP contribution in [0.3, 0.4) is 0 Å². The van der Waals surface area contributed by atoms with E-state index < -0.39 is 17.9 Å². The van der Waals surface area contributed by atoms with Gasteiger partial charge in [0, 0.05) is 11.6 Å². The van der Waals surface area contributed by atoms with Crippen molar-refractivity contribution in [2.45, 2.75) is 65.2 Å². The summed E-state index contributed by atoms with van der Waals surface area (Å²) in [6, 6.07) is 18.2. The molecule has 0 saturated heterocycles. The van der Waals surface area contributed by atoms with Crippen LogP contribution in [0.5, 0.6) is 23.0 Å². The van der Waals surface area contributed by atoms with Crippen molar-refractivity contribution < 1.29 is 47.6 Å². The molecule has 0 N–H and O–H groups in total. The van der Waals surface area contributed by atoms with E-state index in [1.807, 2.05) is 0 Å². The molecule has 0 aliphatic rings. The molecule has 3 aromatic carbocycles. The number of rotatable bonds is 22. The van der Waals surface area contributed by atoms with Crippen LogP contribution in [-0.2, 0) is 19.1 Å². The number of carbonyl (C=O) groups excluding carboxylic acids is 4. The van der Waals surface area contributed by atoms with Gasteiger partial charge in [0.25, 0.3) is 0 Å². The Hall–Kier alpha value is -5.38. The van der Waals surface area contributed by atoms with Crippen LogP contribution in [0.15, 0.2) is 91.5 Å². The van der Waals surface area contributed by atoms with Gasteiger partial charge in [-0.15, -0.1) is 0 Å². The molecule has 3 rings (SSSR count). The Morgan fingerprint density at radius 3 is 1.54 bits per heavy atom. The van der Waals surface area contributed by atoms with Crippen LogP contribution < -0.4 is 18.9 Å².